The van der Waals surface area contributed by atoms with Crippen molar-refractivity contribution in [3.8, 4) is 5.75 Å². The van der Waals surface area contributed by atoms with E-state index in [9.17, 15) is 38.7 Å². The van der Waals surface area contributed by atoms with E-state index in [0.717, 1.165) is 4.90 Å². The Morgan fingerprint density at radius 3 is 2.40 bits per heavy atom. The zero-order chi connectivity index (χ0) is 39.4. The summed E-state index contributed by atoms with van der Waals surface area (Å²) in [6.45, 7) is 4.95. The molecule has 1 aromatic rings. The van der Waals surface area contributed by atoms with E-state index in [1.807, 2.05) is 0 Å². The quantitative estimate of drug-likeness (QED) is 0.141. The lowest BCUT2D eigenvalue weighted by Crippen LogP contribution is -2.64. The molecule has 1 aromatic carbocycles. The van der Waals surface area contributed by atoms with Crippen LogP contribution >= 0.6 is 15.9 Å². The maximum atomic E-state index is 14.5. The van der Waals surface area contributed by atoms with Gasteiger partial charge >= 0.3 is 12.0 Å². The van der Waals surface area contributed by atoms with Crippen molar-refractivity contribution in [1.82, 2.24) is 31.1 Å². The van der Waals surface area contributed by atoms with Crippen LogP contribution in [0, 0.1) is 5.92 Å². The van der Waals surface area contributed by atoms with Crippen molar-refractivity contribution in [3.05, 3.63) is 28.2 Å². The first-order chi connectivity index (χ1) is 25.1. The third-order valence-corrected chi connectivity index (χ3v) is 9.88. The predicted molar refractivity (Wildman–Crippen MR) is 195 cm³/mol. The van der Waals surface area contributed by atoms with Gasteiger partial charge in [0.25, 0.3) is 0 Å². The van der Waals surface area contributed by atoms with Crippen LogP contribution in [0.3, 0.4) is 0 Å². The van der Waals surface area contributed by atoms with Crippen molar-refractivity contribution >= 4 is 57.5 Å². The van der Waals surface area contributed by atoms with Crippen LogP contribution in [0.5, 0.6) is 5.75 Å². The van der Waals surface area contributed by atoms with Crippen molar-refractivity contribution in [3.63, 3.8) is 0 Å². The number of urea groups is 1. The topological polar surface area (TPSA) is 239 Å². The number of benzene rings is 1. The number of carbonyl (C=O) groups excluding carboxylic acids is 7. The van der Waals surface area contributed by atoms with Crippen molar-refractivity contribution in [1.29, 1.82) is 0 Å². The number of piperidine rings is 1. The third kappa shape index (κ3) is 11.8. The molecule has 6 atom stereocenters. The van der Waals surface area contributed by atoms with Gasteiger partial charge in [-0.05, 0) is 71.6 Å². The van der Waals surface area contributed by atoms with Crippen molar-refractivity contribution in [2.24, 2.45) is 11.7 Å². The lowest BCUT2D eigenvalue weighted by molar-refractivity contribution is -0.165. The highest BCUT2D eigenvalue weighted by molar-refractivity contribution is 9.10. The van der Waals surface area contributed by atoms with Crippen LogP contribution in [0.2, 0.25) is 0 Å². The average Bonchev–Trinajstić information content (AvgIpc) is 3.10. The van der Waals surface area contributed by atoms with Gasteiger partial charge in [0.2, 0.25) is 29.5 Å². The Labute approximate surface area is 317 Å². The van der Waals surface area contributed by atoms with Gasteiger partial charge in [0, 0.05) is 20.0 Å². The maximum Gasteiger partial charge on any atom is 0.328 e. The molecule has 0 aliphatic carbocycles. The number of hydrogen-bond donors (Lipinski definition) is 6. The number of halogens is 1. The minimum Gasteiger partial charge on any atom is -0.496 e. The smallest absolute Gasteiger partial charge is 0.328 e. The zero-order valence-electron chi connectivity index (χ0n) is 30.8. The lowest BCUT2D eigenvalue weighted by atomic mass is 9.96. The van der Waals surface area contributed by atoms with E-state index >= 15 is 0 Å². The fourth-order valence-corrected chi connectivity index (χ4v) is 6.90. The summed E-state index contributed by atoms with van der Waals surface area (Å²) in [5.41, 5.74) is 5.79. The highest BCUT2D eigenvalue weighted by atomic mass is 79.9. The van der Waals surface area contributed by atoms with E-state index in [1.165, 1.54) is 19.1 Å². The van der Waals surface area contributed by atoms with Gasteiger partial charge in [0.1, 0.15) is 48.8 Å². The Kier molecular flexibility index (Phi) is 16.3. The third-order valence-electron chi connectivity index (χ3n) is 9.26. The molecule has 2 saturated heterocycles. The molecular formula is C35H52BrN7O10. The Bertz CT molecular complexity index is 1510. The van der Waals surface area contributed by atoms with Crippen LogP contribution in [0.1, 0.15) is 71.3 Å². The van der Waals surface area contributed by atoms with Gasteiger partial charge < -0.3 is 51.4 Å². The predicted octanol–water partition coefficient (Wildman–Crippen LogP) is 0.443. The maximum absolute atomic E-state index is 14.5. The lowest BCUT2D eigenvalue weighted by Gasteiger charge is -2.43. The van der Waals surface area contributed by atoms with Crippen LogP contribution < -0.4 is 31.7 Å². The van der Waals surface area contributed by atoms with Gasteiger partial charge in [0.15, 0.2) is 0 Å². The summed E-state index contributed by atoms with van der Waals surface area (Å²) in [5, 5.41) is 21.6. The van der Waals surface area contributed by atoms with Crippen molar-refractivity contribution < 1.29 is 48.1 Å². The van der Waals surface area contributed by atoms with E-state index in [4.69, 9.17) is 15.2 Å². The van der Waals surface area contributed by atoms with E-state index in [-0.39, 0.29) is 58.1 Å². The van der Waals surface area contributed by atoms with Gasteiger partial charge in [0.05, 0.1) is 18.0 Å². The number of rotatable bonds is 10. The number of hydrogen-bond acceptors (Lipinski definition) is 10. The molecule has 17 nitrogen and oxygen atoms in total. The number of primary amides is 1. The number of amides is 7. The number of ether oxygens (including phenoxy) is 2. The Morgan fingerprint density at radius 2 is 1.77 bits per heavy atom. The van der Waals surface area contributed by atoms with Crippen LogP contribution in [0.15, 0.2) is 22.7 Å². The second-order valence-electron chi connectivity index (χ2n) is 13.5. The number of fused-ring (bicyclic) bond motifs is 2. The van der Waals surface area contributed by atoms with Crippen molar-refractivity contribution in [2.45, 2.75) is 109 Å². The molecule has 0 radical (unpaired) electrons. The van der Waals surface area contributed by atoms with E-state index in [1.54, 1.807) is 39.0 Å². The van der Waals surface area contributed by atoms with Crippen LogP contribution in [-0.2, 0) is 39.9 Å². The van der Waals surface area contributed by atoms with Gasteiger partial charge in [-0.3, -0.25) is 24.0 Å². The number of cyclic esters (lactones) is 1. The van der Waals surface area contributed by atoms with Gasteiger partial charge in [-0.2, -0.15) is 0 Å². The molecule has 53 heavy (non-hydrogen) atoms. The summed E-state index contributed by atoms with van der Waals surface area (Å²) in [4.78, 5) is 95.9. The largest absolute Gasteiger partial charge is 0.496 e. The second kappa shape index (κ2) is 20.1. The average molecular weight is 811 g/mol. The van der Waals surface area contributed by atoms with E-state index in [0.29, 0.717) is 22.2 Å². The second-order valence-corrected chi connectivity index (χ2v) is 14.4. The summed E-state index contributed by atoms with van der Waals surface area (Å²) in [7, 11) is 2.93. The van der Waals surface area contributed by atoms with Gasteiger partial charge in [-0.1, -0.05) is 33.3 Å². The summed E-state index contributed by atoms with van der Waals surface area (Å²) < 4.78 is 11.4. The minimum atomic E-state index is -1.36. The van der Waals surface area contributed by atoms with Crippen molar-refractivity contribution in [2.75, 3.05) is 27.3 Å². The molecule has 2 aliphatic heterocycles. The molecule has 3 rings (SSSR count). The Hall–Kier alpha value is -4.45. The number of aliphatic hydroxyl groups is 1. The normalized spacial score (nSPS) is 25.4. The highest BCUT2D eigenvalue weighted by Gasteiger charge is 2.44. The number of methoxy groups -OCH3 is 1. The standard InChI is InChI=1S/C35H52BrN7O10/c1-6-8-24-33(49)42(4)25(18-20-10-12-26(52-5)21(36)17-20)31(47)41-29(19(2)3)34(50)53-16-14-27(44)39-22(9-7-15-38-35(37)51)30(46)40-23-11-13-28(45)43(24)32(23)48/h10,12,17,19,22-25,28-29,45H,6-9,11,13-16,18H2,1-5H3,(H,39,44)(H,40,46)(H,41,47)(H3,37,38,51). The molecule has 2 bridgehead atoms. The number of nitrogens with two attached hydrogens (primary N) is 1. The molecule has 2 heterocycles. The molecule has 0 saturated carbocycles. The SMILES string of the molecule is CCCC1C(=O)N(C)C(Cc2ccc(OC)c(Br)c2)C(=O)NC(C(C)C)C(=O)OCCC(=O)NC(CCCNC(N)=O)C(=O)NC2CCC(O)N1C2=O. The number of likely N-dealkylation sites (N-methyl/N-ethyl adjacent to an activating group) is 1. The fourth-order valence-electron chi connectivity index (χ4n) is 6.32. The molecule has 6 unspecified atom stereocenters. The number of aliphatic hydroxyl groups excluding tert-OH is 1. The highest BCUT2D eigenvalue weighted by Crippen LogP contribution is 2.28. The van der Waals surface area contributed by atoms with Crippen LogP contribution in [0.25, 0.3) is 0 Å². The van der Waals surface area contributed by atoms with E-state index < -0.39 is 83.9 Å². The van der Waals surface area contributed by atoms with Gasteiger partial charge in [-0.25, -0.2) is 9.59 Å². The number of esters is 1. The number of nitrogens with one attached hydrogen (secondary N) is 4. The first-order valence-electron chi connectivity index (χ1n) is 17.8. The molecule has 7 N–H and O–H groups in total. The summed E-state index contributed by atoms with van der Waals surface area (Å²) in [6, 6.07) is -1.43. The monoisotopic (exact) mass is 809 g/mol. The molecular weight excluding hydrogens is 758 g/mol. The molecule has 0 aromatic heterocycles. The fraction of sp³-hybridized carbons (Fsp3) is 0.629. The Balaban J connectivity index is 2.06. The molecule has 2 aliphatic rings. The molecule has 18 heteroatoms. The molecule has 0 spiro atoms. The number of carbonyl (C=O) groups is 7. The summed E-state index contributed by atoms with van der Waals surface area (Å²) in [5.74, 6) is -4.04. The summed E-state index contributed by atoms with van der Waals surface area (Å²) >= 11 is 3.46. The number of nitrogens with zero attached hydrogens (tertiary/aromatic N) is 2. The zero-order valence-corrected chi connectivity index (χ0v) is 32.4. The summed E-state index contributed by atoms with van der Waals surface area (Å²) in [6.07, 6.45) is -0.743. The first kappa shape index (κ1) is 43.0. The van der Waals surface area contributed by atoms with Crippen LogP contribution in [-0.4, -0.2) is 120 Å². The molecule has 2 fully saturated rings. The Morgan fingerprint density at radius 1 is 1.06 bits per heavy atom. The van der Waals surface area contributed by atoms with E-state index in [2.05, 4.69) is 37.2 Å². The van der Waals surface area contributed by atoms with Gasteiger partial charge in [-0.15, -0.1) is 0 Å². The molecule has 7 amide bonds. The molecule has 294 valence electrons. The minimum absolute atomic E-state index is 0.00107. The van der Waals surface area contributed by atoms with Crippen LogP contribution in [0.4, 0.5) is 4.79 Å². The first-order valence-corrected chi connectivity index (χ1v) is 18.6.